The van der Waals surface area contributed by atoms with Gasteiger partial charge < -0.3 is 0 Å². The van der Waals surface area contributed by atoms with Crippen molar-refractivity contribution < 1.29 is 8.78 Å². The Bertz CT molecular complexity index is 475. The van der Waals surface area contributed by atoms with Crippen molar-refractivity contribution >= 4 is 37.5 Å². The third-order valence-electron chi connectivity index (χ3n) is 1.87. The first-order valence-electron chi connectivity index (χ1n) is 3.92. The minimum absolute atomic E-state index is 0.140. The SMILES string of the molecule is CC(F)(F)c1nsc2c(Br)cccc12. The average Bonchev–Trinajstić information content (AvgIpc) is 2.47. The molecule has 0 atom stereocenters. The zero-order valence-corrected chi connectivity index (χ0v) is 9.62. The van der Waals surface area contributed by atoms with Crippen molar-refractivity contribution in [2.24, 2.45) is 0 Å². The van der Waals surface area contributed by atoms with E-state index < -0.39 is 5.92 Å². The van der Waals surface area contributed by atoms with Crippen molar-refractivity contribution in [2.75, 3.05) is 0 Å². The smallest absolute Gasteiger partial charge is 0.200 e. The van der Waals surface area contributed by atoms with Gasteiger partial charge in [0.05, 0.1) is 4.70 Å². The number of rotatable bonds is 1. The normalized spacial score (nSPS) is 12.3. The fraction of sp³-hybridized carbons (Fsp3) is 0.222. The Morgan fingerprint density at radius 2 is 2.14 bits per heavy atom. The van der Waals surface area contributed by atoms with Gasteiger partial charge in [-0.2, -0.15) is 13.2 Å². The molecule has 0 bridgehead atoms. The number of aromatic nitrogens is 1. The maximum Gasteiger partial charge on any atom is 0.288 e. The second-order valence-electron chi connectivity index (χ2n) is 3.04. The number of fused-ring (bicyclic) bond motifs is 1. The highest BCUT2D eigenvalue weighted by Gasteiger charge is 2.30. The first-order valence-corrected chi connectivity index (χ1v) is 5.49. The van der Waals surface area contributed by atoms with Gasteiger partial charge in [-0.25, -0.2) is 0 Å². The van der Waals surface area contributed by atoms with Crippen LogP contribution >= 0.6 is 27.5 Å². The topological polar surface area (TPSA) is 12.9 Å². The Labute approximate surface area is 92.0 Å². The van der Waals surface area contributed by atoms with E-state index in [-0.39, 0.29) is 5.69 Å². The van der Waals surface area contributed by atoms with E-state index in [1.165, 1.54) is 0 Å². The highest BCUT2D eigenvalue weighted by atomic mass is 79.9. The van der Waals surface area contributed by atoms with Crippen molar-refractivity contribution in [1.29, 1.82) is 0 Å². The van der Waals surface area contributed by atoms with Crippen LogP contribution in [-0.2, 0) is 5.92 Å². The summed E-state index contributed by atoms with van der Waals surface area (Å²) in [5, 5.41) is 0.525. The maximum atomic E-state index is 13.1. The maximum absolute atomic E-state index is 13.1. The fourth-order valence-corrected chi connectivity index (χ4v) is 2.69. The summed E-state index contributed by atoms with van der Waals surface area (Å²) in [6, 6.07) is 5.21. The van der Waals surface area contributed by atoms with E-state index >= 15 is 0 Å². The highest BCUT2D eigenvalue weighted by molar-refractivity contribution is 9.10. The zero-order valence-electron chi connectivity index (χ0n) is 7.22. The number of nitrogens with zero attached hydrogens (tertiary/aromatic N) is 1. The minimum atomic E-state index is -2.88. The van der Waals surface area contributed by atoms with Gasteiger partial charge in [0.25, 0.3) is 5.92 Å². The van der Waals surface area contributed by atoms with Crippen molar-refractivity contribution in [3.63, 3.8) is 0 Å². The van der Waals surface area contributed by atoms with Crippen LogP contribution in [-0.4, -0.2) is 4.37 Å². The standard InChI is InChI=1S/C9H6BrF2NS/c1-9(11,12)8-5-3-2-4-6(10)7(5)14-13-8/h2-4H,1H3. The summed E-state index contributed by atoms with van der Waals surface area (Å²) in [5.41, 5.74) is -0.140. The molecule has 2 aromatic rings. The van der Waals surface area contributed by atoms with Crippen LogP contribution in [0.4, 0.5) is 8.78 Å². The van der Waals surface area contributed by atoms with Crippen molar-refractivity contribution in [3.05, 3.63) is 28.4 Å². The molecule has 0 amide bonds. The summed E-state index contributed by atoms with van der Waals surface area (Å²) in [4.78, 5) is 0. The van der Waals surface area contributed by atoms with Crippen LogP contribution in [0.15, 0.2) is 22.7 Å². The van der Waals surface area contributed by atoms with Gasteiger partial charge in [-0.3, -0.25) is 0 Å². The summed E-state index contributed by atoms with van der Waals surface area (Å²) < 4.78 is 31.5. The van der Waals surface area contributed by atoms with Crippen molar-refractivity contribution in [2.45, 2.75) is 12.8 Å². The average molecular weight is 278 g/mol. The van der Waals surface area contributed by atoms with E-state index in [0.29, 0.717) is 5.39 Å². The van der Waals surface area contributed by atoms with Gasteiger partial charge in [0, 0.05) is 16.8 Å². The molecule has 0 fully saturated rings. The van der Waals surface area contributed by atoms with Crippen LogP contribution in [0.1, 0.15) is 12.6 Å². The van der Waals surface area contributed by atoms with Crippen LogP contribution in [0.2, 0.25) is 0 Å². The van der Waals surface area contributed by atoms with Crippen LogP contribution in [0, 0.1) is 0 Å². The molecule has 0 unspecified atom stereocenters. The summed E-state index contributed by atoms with van der Waals surface area (Å²) in [7, 11) is 0. The Kier molecular flexibility index (Phi) is 2.31. The summed E-state index contributed by atoms with van der Waals surface area (Å²) >= 11 is 4.39. The summed E-state index contributed by atoms with van der Waals surface area (Å²) in [5.74, 6) is -2.88. The van der Waals surface area contributed by atoms with Gasteiger partial charge in [-0.15, -0.1) is 0 Å². The second-order valence-corrected chi connectivity index (χ2v) is 4.66. The van der Waals surface area contributed by atoms with Gasteiger partial charge in [0.15, 0.2) is 0 Å². The minimum Gasteiger partial charge on any atom is -0.200 e. The van der Waals surface area contributed by atoms with E-state index in [1.54, 1.807) is 12.1 Å². The van der Waals surface area contributed by atoms with Gasteiger partial charge in [0.1, 0.15) is 5.69 Å². The van der Waals surface area contributed by atoms with Gasteiger partial charge in [-0.05, 0) is 33.5 Å². The molecule has 0 aliphatic rings. The number of alkyl halides is 2. The lowest BCUT2D eigenvalue weighted by atomic mass is 10.1. The predicted octanol–water partition coefficient (Wildman–Crippen LogP) is 4.17. The van der Waals surface area contributed by atoms with Crippen LogP contribution < -0.4 is 0 Å². The highest BCUT2D eigenvalue weighted by Crippen LogP contribution is 2.37. The first kappa shape index (κ1) is 9.98. The monoisotopic (exact) mass is 277 g/mol. The molecule has 1 aromatic carbocycles. The molecule has 0 aliphatic heterocycles. The van der Waals surface area contributed by atoms with E-state index in [9.17, 15) is 8.78 Å². The molecule has 1 nitrogen and oxygen atoms in total. The molecular weight excluding hydrogens is 272 g/mol. The second kappa shape index (κ2) is 3.24. The van der Waals surface area contributed by atoms with Gasteiger partial charge >= 0.3 is 0 Å². The number of hydrogen-bond donors (Lipinski definition) is 0. The molecule has 0 aliphatic carbocycles. The predicted molar refractivity (Wildman–Crippen MR) is 56.9 cm³/mol. The molecule has 0 spiro atoms. The lowest BCUT2D eigenvalue weighted by Gasteiger charge is -2.06. The summed E-state index contributed by atoms with van der Waals surface area (Å²) in [6.07, 6.45) is 0. The molecule has 0 radical (unpaired) electrons. The van der Waals surface area contributed by atoms with Crippen molar-refractivity contribution in [1.82, 2.24) is 4.37 Å². The van der Waals surface area contributed by atoms with Crippen molar-refractivity contribution in [3.8, 4) is 0 Å². The summed E-state index contributed by atoms with van der Waals surface area (Å²) in [6.45, 7) is 0.863. The number of halogens is 3. The Morgan fingerprint density at radius 3 is 2.79 bits per heavy atom. The van der Waals surface area contributed by atoms with Gasteiger partial charge in [0.2, 0.25) is 0 Å². The molecule has 5 heteroatoms. The fourth-order valence-electron chi connectivity index (χ4n) is 1.25. The first-order chi connectivity index (χ1) is 6.50. The molecular formula is C9H6BrF2NS. The molecule has 0 N–H and O–H groups in total. The molecule has 14 heavy (non-hydrogen) atoms. The lowest BCUT2D eigenvalue weighted by molar-refractivity contribution is 0.0154. The Balaban J connectivity index is 2.76. The lowest BCUT2D eigenvalue weighted by Crippen LogP contribution is -2.07. The Hall–Kier alpha value is -0.550. The molecule has 1 heterocycles. The van der Waals surface area contributed by atoms with E-state index in [1.807, 2.05) is 6.07 Å². The van der Waals surface area contributed by atoms with E-state index in [4.69, 9.17) is 0 Å². The van der Waals surface area contributed by atoms with Crippen LogP contribution in [0.3, 0.4) is 0 Å². The Morgan fingerprint density at radius 1 is 1.43 bits per heavy atom. The third kappa shape index (κ3) is 1.54. The molecule has 1 aromatic heterocycles. The zero-order chi connectivity index (χ0) is 10.3. The number of benzene rings is 1. The van der Waals surface area contributed by atoms with Crippen LogP contribution in [0.5, 0.6) is 0 Å². The quantitative estimate of drug-likeness (QED) is 0.762. The number of hydrogen-bond acceptors (Lipinski definition) is 2. The molecule has 74 valence electrons. The molecule has 0 saturated carbocycles. The molecule has 0 saturated heterocycles. The molecule has 2 rings (SSSR count). The van der Waals surface area contributed by atoms with Gasteiger partial charge in [-0.1, -0.05) is 12.1 Å². The van der Waals surface area contributed by atoms with Crippen LogP contribution in [0.25, 0.3) is 10.1 Å². The van der Waals surface area contributed by atoms with E-state index in [2.05, 4.69) is 20.3 Å². The van der Waals surface area contributed by atoms with E-state index in [0.717, 1.165) is 27.6 Å². The largest absolute Gasteiger partial charge is 0.288 e. The third-order valence-corrected chi connectivity index (χ3v) is 3.69.